The molecule has 0 amide bonds. The van der Waals surface area contributed by atoms with Crippen LogP contribution in [0.1, 0.15) is 23.6 Å². The number of fused-ring (bicyclic) bond motifs is 1. The first kappa shape index (κ1) is 17.8. The van der Waals surface area contributed by atoms with Crippen LogP contribution in [0.2, 0.25) is 0 Å². The number of aliphatic hydroxyl groups excluding tert-OH is 1. The van der Waals surface area contributed by atoms with Gasteiger partial charge >= 0.3 is 0 Å². The number of hydrogen-bond donors (Lipinski definition) is 2. The number of rotatable bonds is 4. The minimum atomic E-state index is -3.17. The summed E-state index contributed by atoms with van der Waals surface area (Å²) in [6.07, 6.45) is 2.04. The molecule has 0 bridgehead atoms. The molecule has 2 aromatic rings. The van der Waals surface area contributed by atoms with Crippen molar-refractivity contribution in [2.24, 2.45) is 4.99 Å². The summed E-state index contributed by atoms with van der Waals surface area (Å²) >= 11 is 1.60. The molecule has 0 saturated carbocycles. The smallest absolute Gasteiger partial charge is 0.211 e. The van der Waals surface area contributed by atoms with Crippen LogP contribution in [0.25, 0.3) is 10.9 Å². The van der Waals surface area contributed by atoms with E-state index < -0.39 is 10.0 Å². The number of hydrogen-bond acceptors (Lipinski definition) is 6. The standard InChI is InChI=1S/C17H22N4O3S2/c1-26(23,24)20-6-5-12(8-20)14-4-2-3-11-7-15(21(18)16(11)14)17-19-13(9-22)10-25-17/h2-4,7,12-13,22H,5-6,8-10,18H2,1H3/t12?,13-/m1/s1. The molecule has 2 aliphatic rings. The number of nitrogen functional groups attached to an aromatic ring is 1. The molecule has 7 nitrogen and oxygen atoms in total. The van der Waals surface area contributed by atoms with Crippen LogP contribution in [-0.4, -0.2) is 65.3 Å². The van der Waals surface area contributed by atoms with Crippen LogP contribution in [0.3, 0.4) is 0 Å². The molecule has 2 aliphatic heterocycles. The quantitative estimate of drug-likeness (QED) is 0.752. The molecule has 4 rings (SSSR count). The first-order valence-electron chi connectivity index (χ1n) is 8.55. The topological polar surface area (TPSA) is 101 Å². The number of para-hydroxylation sites is 1. The van der Waals surface area contributed by atoms with E-state index in [-0.39, 0.29) is 18.6 Å². The van der Waals surface area contributed by atoms with Crippen LogP contribution in [0.15, 0.2) is 29.3 Å². The van der Waals surface area contributed by atoms with Crippen molar-refractivity contribution in [1.29, 1.82) is 0 Å². The lowest BCUT2D eigenvalue weighted by Crippen LogP contribution is -2.27. The molecule has 1 fully saturated rings. The second kappa shape index (κ2) is 6.56. The van der Waals surface area contributed by atoms with Crippen LogP contribution in [0.4, 0.5) is 0 Å². The van der Waals surface area contributed by atoms with Crippen LogP contribution in [0.5, 0.6) is 0 Å². The summed E-state index contributed by atoms with van der Waals surface area (Å²) in [6.45, 7) is 1.06. The summed E-state index contributed by atoms with van der Waals surface area (Å²) in [4.78, 5) is 4.55. The highest BCUT2D eigenvalue weighted by atomic mass is 32.2. The fourth-order valence-corrected chi connectivity index (χ4v) is 5.69. The van der Waals surface area contributed by atoms with Crippen LogP contribution in [-0.2, 0) is 10.0 Å². The minimum Gasteiger partial charge on any atom is -0.394 e. The fourth-order valence-electron chi connectivity index (χ4n) is 3.74. The zero-order valence-corrected chi connectivity index (χ0v) is 16.1. The molecule has 0 aliphatic carbocycles. The Morgan fingerprint density at radius 1 is 1.42 bits per heavy atom. The number of nitrogens with two attached hydrogens (primary N) is 1. The number of aromatic nitrogens is 1. The van der Waals surface area contributed by atoms with Gasteiger partial charge in [-0.2, -0.15) is 0 Å². The number of thioether (sulfide) groups is 1. The van der Waals surface area contributed by atoms with Crippen molar-refractivity contribution in [3.63, 3.8) is 0 Å². The molecule has 3 N–H and O–H groups in total. The van der Waals surface area contributed by atoms with Gasteiger partial charge in [-0.15, -0.1) is 11.8 Å². The third-order valence-corrected chi connectivity index (χ3v) is 7.50. The third kappa shape index (κ3) is 3.02. The predicted octanol–water partition coefficient (Wildman–Crippen LogP) is 0.958. The summed E-state index contributed by atoms with van der Waals surface area (Å²) < 4.78 is 26.9. The van der Waals surface area contributed by atoms with Gasteiger partial charge in [0.15, 0.2) is 0 Å². The summed E-state index contributed by atoms with van der Waals surface area (Å²) in [5.74, 6) is 7.31. The van der Waals surface area contributed by atoms with Gasteiger partial charge in [0.25, 0.3) is 0 Å². The van der Waals surface area contributed by atoms with Crippen molar-refractivity contribution in [2.75, 3.05) is 37.5 Å². The zero-order chi connectivity index (χ0) is 18.5. The molecular formula is C17H22N4O3S2. The van der Waals surface area contributed by atoms with E-state index in [1.54, 1.807) is 16.4 Å². The number of sulfonamides is 1. The molecule has 26 heavy (non-hydrogen) atoms. The van der Waals surface area contributed by atoms with E-state index >= 15 is 0 Å². The highest BCUT2D eigenvalue weighted by Crippen LogP contribution is 2.35. The minimum absolute atomic E-state index is 0.0376. The second-order valence-corrected chi connectivity index (χ2v) is 9.86. The maximum atomic E-state index is 11.8. The molecule has 0 radical (unpaired) electrons. The van der Waals surface area contributed by atoms with Gasteiger partial charge in [0, 0.05) is 30.1 Å². The molecule has 3 heterocycles. The van der Waals surface area contributed by atoms with Crippen molar-refractivity contribution in [3.05, 3.63) is 35.5 Å². The van der Waals surface area contributed by atoms with E-state index in [0.29, 0.717) is 13.1 Å². The van der Waals surface area contributed by atoms with Gasteiger partial charge in [-0.05, 0) is 18.1 Å². The molecular weight excluding hydrogens is 372 g/mol. The highest BCUT2D eigenvalue weighted by molar-refractivity contribution is 8.14. The van der Waals surface area contributed by atoms with Crippen molar-refractivity contribution in [2.45, 2.75) is 18.4 Å². The van der Waals surface area contributed by atoms with Crippen molar-refractivity contribution in [3.8, 4) is 0 Å². The van der Waals surface area contributed by atoms with Crippen LogP contribution < -0.4 is 5.84 Å². The fraction of sp³-hybridized carbons (Fsp3) is 0.471. The maximum absolute atomic E-state index is 11.8. The number of benzene rings is 1. The van der Waals surface area contributed by atoms with Gasteiger partial charge in [0.2, 0.25) is 10.0 Å². The van der Waals surface area contributed by atoms with Gasteiger partial charge in [-0.3, -0.25) is 9.67 Å². The van der Waals surface area contributed by atoms with Crippen molar-refractivity contribution in [1.82, 2.24) is 8.98 Å². The molecule has 0 spiro atoms. The van der Waals surface area contributed by atoms with E-state index in [9.17, 15) is 13.5 Å². The first-order chi connectivity index (χ1) is 12.4. The lowest BCUT2D eigenvalue weighted by molar-refractivity contribution is 0.277. The lowest BCUT2D eigenvalue weighted by Gasteiger charge is -2.15. The Bertz CT molecular complexity index is 983. The normalized spacial score (nSPS) is 24.5. The van der Waals surface area contributed by atoms with Gasteiger partial charge in [-0.25, -0.2) is 12.7 Å². The van der Waals surface area contributed by atoms with Crippen molar-refractivity contribution >= 4 is 37.7 Å². The average molecular weight is 395 g/mol. The highest BCUT2D eigenvalue weighted by Gasteiger charge is 2.31. The first-order valence-corrected chi connectivity index (χ1v) is 11.4. The Labute approximate surface area is 156 Å². The van der Waals surface area contributed by atoms with Gasteiger partial charge in [0.05, 0.1) is 30.1 Å². The lowest BCUT2D eigenvalue weighted by atomic mass is 9.96. The van der Waals surface area contributed by atoms with Gasteiger partial charge in [0.1, 0.15) is 5.04 Å². The number of aliphatic hydroxyl groups is 1. The van der Waals surface area contributed by atoms with E-state index in [1.807, 2.05) is 24.3 Å². The monoisotopic (exact) mass is 394 g/mol. The number of aliphatic imine (C=N–C) groups is 1. The Balaban J connectivity index is 1.74. The van der Waals surface area contributed by atoms with Crippen LogP contribution in [0, 0.1) is 0 Å². The second-order valence-electron chi connectivity index (χ2n) is 6.87. The Hall–Kier alpha value is -1.55. The molecule has 1 aromatic carbocycles. The summed E-state index contributed by atoms with van der Waals surface area (Å²) in [6, 6.07) is 7.98. The molecule has 9 heteroatoms. The summed E-state index contributed by atoms with van der Waals surface area (Å²) in [5, 5.41) is 11.2. The SMILES string of the molecule is CS(=O)(=O)N1CCC(c2cccc3cc(C4=N[C@H](CO)CS4)n(N)c23)C1. The summed E-state index contributed by atoms with van der Waals surface area (Å²) in [7, 11) is -3.17. The van der Waals surface area contributed by atoms with Gasteiger partial charge in [-0.1, -0.05) is 18.2 Å². The maximum Gasteiger partial charge on any atom is 0.211 e. The van der Waals surface area contributed by atoms with E-state index in [1.165, 1.54) is 10.6 Å². The van der Waals surface area contributed by atoms with Crippen molar-refractivity contribution < 1.29 is 13.5 Å². The summed E-state index contributed by atoms with van der Waals surface area (Å²) in [5.41, 5.74) is 2.84. The molecule has 1 unspecified atom stereocenters. The zero-order valence-electron chi connectivity index (χ0n) is 14.5. The Kier molecular flexibility index (Phi) is 4.50. The number of nitrogens with zero attached hydrogens (tertiary/aromatic N) is 3. The Morgan fingerprint density at radius 2 is 2.23 bits per heavy atom. The average Bonchev–Trinajstić information content (AvgIpc) is 3.32. The van der Waals surface area contributed by atoms with E-state index in [4.69, 9.17) is 5.84 Å². The molecule has 1 aromatic heterocycles. The molecule has 1 saturated heterocycles. The predicted molar refractivity (Wildman–Crippen MR) is 106 cm³/mol. The van der Waals surface area contributed by atoms with E-state index in [0.717, 1.165) is 39.4 Å². The third-order valence-electron chi connectivity index (χ3n) is 5.09. The molecule has 2 atom stereocenters. The Morgan fingerprint density at radius 3 is 2.88 bits per heavy atom. The molecule has 140 valence electrons. The van der Waals surface area contributed by atoms with E-state index in [2.05, 4.69) is 4.99 Å². The largest absolute Gasteiger partial charge is 0.394 e. The van der Waals surface area contributed by atoms with Gasteiger partial charge < -0.3 is 10.9 Å². The van der Waals surface area contributed by atoms with Crippen LogP contribution >= 0.6 is 11.8 Å².